The zero-order valence-corrected chi connectivity index (χ0v) is 11.5. The molecule has 2 aliphatic rings. The molecule has 1 aromatic rings. The zero-order valence-electron chi connectivity index (χ0n) is 11.5. The average Bonchev–Trinajstić information content (AvgIpc) is 3.06. The van der Waals surface area contributed by atoms with Crippen molar-refractivity contribution in [3.8, 4) is 0 Å². The molecule has 2 saturated heterocycles. The van der Waals surface area contributed by atoms with Crippen LogP contribution < -0.4 is 5.32 Å². The summed E-state index contributed by atoms with van der Waals surface area (Å²) in [6.45, 7) is 6.70. The number of nitrogens with zero attached hydrogens (tertiary/aromatic N) is 2. The number of rotatable bonds is 2. The van der Waals surface area contributed by atoms with Crippen molar-refractivity contribution in [3.63, 3.8) is 0 Å². The zero-order chi connectivity index (χ0) is 14.5. The molecule has 3 rings (SSSR count). The maximum atomic E-state index is 12.6. The first-order valence-corrected chi connectivity index (χ1v) is 6.77. The van der Waals surface area contributed by atoms with Crippen LogP contribution in [-0.2, 0) is 0 Å². The smallest absolute Gasteiger partial charge is 0.321 e. The average molecular weight is 278 g/mol. The first kappa shape index (κ1) is 13.1. The SMILES string of the molecule is CC1(C)C2CNCC2CN1C(=O)c1ccc([N+](=O)[O-])[nH]1. The number of nitrogens with one attached hydrogen (secondary N) is 2. The minimum atomic E-state index is -0.523. The summed E-state index contributed by atoms with van der Waals surface area (Å²) < 4.78 is 0. The topological polar surface area (TPSA) is 91.3 Å². The van der Waals surface area contributed by atoms with Gasteiger partial charge in [0, 0.05) is 31.2 Å². The Bertz CT molecular complexity index is 566. The van der Waals surface area contributed by atoms with E-state index in [0.717, 1.165) is 13.1 Å². The number of nitro groups is 1. The summed E-state index contributed by atoms with van der Waals surface area (Å²) in [6.07, 6.45) is 0. The largest absolute Gasteiger partial charge is 0.358 e. The first-order valence-electron chi connectivity index (χ1n) is 6.77. The van der Waals surface area contributed by atoms with Gasteiger partial charge < -0.3 is 20.3 Å². The van der Waals surface area contributed by atoms with E-state index in [9.17, 15) is 14.9 Å². The Balaban J connectivity index is 1.85. The second-order valence-electron chi connectivity index (χ2n) is 6.11. The minimum Gasteiger partial charge on any atom is -0.358 e. The highest BCUT2D eigenvalue weighted by molar-refractivity contribution is 5.93. The predicted octanol–water partition coefficient (Wildman–Crippen LogP) is 0.993. The van der Waals surface area contributed by atoms with Crippen LogP contribution in [0.5, 0.6) is 0 Å². The summed E-state index contributed by atoms with van der Waals surface area (Å²) in [4.78, 5) is 27.2. The van der Waals surface area contributed by atoms with Crippen molar-refractivity contribution in [3.05, 3.63) is 27.9 Å². The van der Waals surface area contributed by atoms with Gasteiger partial charge in [-0.3, -0.25) is 4.79 Å². The molecule has 7 nitrogen and oxygen atoms in total. The number of H-pyrrole nitrogens is 1. The van der Waals surface area contributed by atoms with Gasteiger partial charge in [-0.1, -0.05) is 0 Å². The quantitative estimate of drug-likeness (QED) is 0.623. The summed E-state index contributed by atoms with van der Waals surface area (Å²) in [7, 11) is 0. The normalized spacial score (nSPS) is 27.6. The second-order valence-corrected chi connectivity index (χ2v) is 6.11. The van der Waals surface area contributed by atoms with E-state index in [-0.39, 0.29) is 23.0 Å². The highest BCUT2D eigenvalue weighted by atomic mass is 16.6. The number of amides is 1. The van der Waals surface area contributed by atoms with Gasteiger partial charge >= 0.3 is 5.82 Å². The molecule has 2 unspecified atom stereocenters. The molecule has 2 aliphatic heterocycles. The predicted molar refractivity (Wildman–Crippen MR) is 72.4 cm³/mol. The summed E-state index contributed by atoms with van der Waals surface area (Å²) in [5.41, 5.74) is 0.0585. The molecule has 0 radical (unpaired) electrons. The Kier molecular flexibility index (Phi) is 2.82. The van der Waals surface area contributed by atoms with Crippen molar-refractivity contribution in [1.29, 1.82) is 0 Å². The van der Waals surface area contributed by atoms with E-state index in [4.69, 9.17) is 0 Å². The van der Waals surface area contributed by atoms with Crippen LogP contribution in [0.4, 0.5) is 5.82 Å². The summed E-state index contributed by atoms with van der Waals surface area (Å²) >= 11 is 0. The Morgan fingerprint density at radius 1 is 1.45 bits per heavy atom. The number of hydrogen-bond donors (Lipinski definition) is 2. The van der Waals surface area contributed by atoms with Crippen LogP contribution in [0.3, 0.4) is 0 Å². The number of fused-ring (bicyclic) bond motifs is 1. The van der Waals surface area contributed by atoms with Crippen LogP contribution in [0.1, 0.15) is 24.3 Å². The first-order chi connectivity index (χ1) is 9.41. The second kappa shape index (κ2) is 4.31. The molecule has 1 aromatic heterocycles. The van der Waals surface area contributed by atoms with Crippen LogP contribution in [0.25, 0.3) is 0 Å². The lowest BCUT2D eigenvalue weighted by atomic mass is 9.85. The van der Waals surface area contributed by atoms with Crippen molar-refractivity contribution in [1.82, 2.24) is 15.2 Å². The molecule has 20 heavy (non-hydrogen) atoms. The fraction of sp³-hybridized carbons (Fsp3) is 0.615. The Hall–Kier alpha value is -1.89. The molecular formula is C13H18N4O3. The third kappa shape index (κ3) is 1.81. The lowest BCUT2D eigenvalue weighted by molar-refractivity contribution is -0.389. The number of carbonyl (C=O) groups excluding carboxylic acids is 1. The molecule has 0 spiro atoms. The molecule has 7 heteroatoms. The summed E-state index contributed by atoms with van der Waals surface area (Å²) in [5.74, 6) is 0.611. The molecule has 2 fully saturated rings. The Morgan fingerprint density at radius 3 is 2.80 bits per heavy atom. The van der Waals surface area contributed by atoms with E-state index in [2.05, 4.69) is 24.1 Å². The van der Waals surface area contributed by atoms with Gasteiger partial charge in [-0.15, -0.1) is 0 Å². The van der Waals surface area contributed by atoms with Crippen LogP contribution in [0, 0.1) is 22.0 Å². The number of aromatic nitrogens is 1. The molecule has 2 N–H and O–H groups in total. The van der Waals surface area contributed by atoms with Gasteiger partial charge in [0.15, 0.2) is 5.69 Å². The van der Waals surface area contributed by atoms with Crippen LogP contribution in [0.15, 0.2) is 12.1 Å². The van der Waals surface area contributed by atoms with Gasteiger partial charge in [-0.2, -0.15) is 0 Å². The van der Waals surface area contributed by atoms with E-state index in [0.29, 0.717) is 18.4 Å². The fourth-order valence-electron chi connectivity index (χ4n) is 3.53. The van der Waals surface area contributed by atoms with Gasteiger partial charge in [0.25, 0.3) is 5.91 Å². The van der Waals surface area contributed by atoms with Crippen LogP contribution in [-0.4, -0.2) is 45.9 Å². The molecule has 0 aliphatic carbocycles. The van der Waals surface area contributed by atoms with Crippen molar-refractivity contribution in [2.24, 2.45) is 11.8 Å². The molecule has 2 atom stereocenters. The van der Waals surface area contributed by atoms with Crippen molar-refractivity contribution in [2.45, 2.75) is 19.4 Å². The van der Waals surface area contributed by atoms with Crippen molar-refractivity contribution >= 4 is 11.7 Å². The van der Waals surface area contributed by atoms with E-state index in [1.54, 1.807) is 0 Å². The third-order valence-electron chi connectivity index (χ3n) is 4.70. The molecule has 0 saturated carbocycles. The number of carbonyl (C=O) groups is 1. The molecule has 0 bridgehead atoms. The molecule has 0 aromatic carbocycles. The fourth-order valence-corrected chi connectivity index (χ4v) is 3.53. The van der Waals surface area contributed by atoms with Gasteiger partial charge in [-0.25, -0.2) is 4.98 Å². The Morgan fingerprint density at radius 2 is 2.20 bits per heavy atom. The number of aromatic amines is 1. The summed E-state index contributed by atoms with van der Waals surface area (Å²) in [5, 5.41) is 14.0. The lowest BCUT2D eigenvalue weighted by Gasteiger charge is -2.34. The molecule has 3 heterocycles. The maximum Gasteiger partial charge on any atom is 0.321 e. The molecular weight excluding hydrogens is 260 g/mol. The number of likely N-dealkylation sites (tertiary alicyclic amines) is 1. The highest BCUT2D eigenvalue weighted by Gasteiger charge is 2.51. The van der Waals surface area contributed by atoms with E-state index in [1.807, 2.05) is 4.90 Å². The molecule has 108 valence electrons. The van der Waals surface area contributed by atoms with Crippen molar-refractivity contribution in [2.75, 3.05) is 19.6 Å². The maximum absolute atomic E-state index is 12.6. The highest BCUT2D eigenvalue weighted by Crippen LogP contribution is 2.41. The third-order valence-corrected chi connectivity index (χ3v) is 4.70. The van der Waals surface area contributed by atoms with Gasteiger partial charge in [0.1, 0.15) is 0 Å². The summed E-state index contributed by atoms with van der Waals surface area (Å²) in [6, 6.07) is 2.82. The van der Waals surface area contributed by atoms with E-state index < -0.39 is 4.92 Å². The van der Waals surface area contributed by atoms with Gasteiger partial charge in [0.05, 0.1) is 0 Å². The van der Waals surface area contributed by atoms with Crippen LogP contribution >= 0.6 is 0 Å². The van der Waals surface area contributed by atoms with Gasteiger partial charge in [0.2, 0.25) is 0 Å². The number of hydrogen-bond acceptors (Lipinski definition) is 4. The lowest BCUT2D eigenvalue weighted by Crippen LogP contribution is -2.47. The molecule has 1 amide bonds. The standard InChI is InChI=1S/C13H18N4O3/c1-13(2)9-6-14-5-8(9)7-16(13)12(18)10-3-4-11(15-10)17(19)20/h3-4,8-9,14-15H,5-7H2,1-2H3. The van der Waals surface area contributed by atoms with E-state index >= 15 is 0 Å². The van der Waals surface area contributed by atoms with Gasteiger partial charge in [-0.05, 0) is 36.7 Å². The van der Waals surface area contributed by atoms with Crippen molar-refractivity contribution < 1.29 is 9.72 Å². The van der Waals surface area contributed by atoms with Crippen LogP contribution in [0.2, 0.25) is 0 Å². The minimum absolute atomic E-state index is 0.146. The monoisotopic (exact) mass is 278 g/mol. The van der Waals surface area contributed by atoms with E-state index in [1.165, 1.54) is 12.1 Å². The Labute approximate surface area is 116 Å².